The molecule has 1 aliphatic rings. The lowest BCUT2D eigenvalue weighted by molar-refractivity contribution is -0.117. The Morgan fingerprint density at radius 2 is 1.89 bits per heavy atom. The van der Waals surface area contributed by atoms with Crippen molar-refractivity contribution in [3.8, 4) is 11.6 Å². The number of hydrogen-bond acceptors (Lipinski definition) is 5. The average Bonchev–Trinajstić information content (AvgIpc) is 3.63. The normalized spacial score (nSPS) is 13.2. The van der Waals surface area contributed by atoms with Gasteiger partial charge >= 0.3 is 0 Å². The van der Waals surface area contributed by atoms with Gasteiger partial charge in [0.05, 0.1) is 0 Å². The van der Waals surface area contributed by atoms with Crippen LogP contribution in [0.2, 0.25) is 5.02 Å². The summed E-state index contributed by atoms with van der Waals surface area (Å²) in [7, 11) is 0. The predicted molar refractivity (Wildman–Crippen MR) is 128 cm³/mol. The molecule has 0 spiro atoms. The summed E-state index contributed by atoms with van der Waals surface area (Å²) in [5.74, 6) is -3.96. The Bertz CT molecular complexity index is 1300. The van der Waals surface area contributed by atoms with Crippen molar-refractivity contribution in [2.75, 3.05) is 10.6 Å². The molecule has 2 N–H and O–H groups in total. The maximum Gasteiger partial charge on any atom is 0.271 e. The van der Waals surface area contributed by atoms with E-state index in [9.17, 15) is 22.8 Å². The zero-order valence-corrected chi connectivity index (χ0v) is 19.9. The fourth-order valence-electron chi connectivity index (χ4n) is 3.40. The number of amides is 2. The van der Waals surface area contributed by atoms with Gasteiger partial charge in [0.15, 0.2) is 0 Å². The number of aryl methyl sites for hydroxylation is 1. The summed E-state index contributed by atoms with van der Waals surface area (Å²) in [6.07, 6.45) is 3.04. The number of nitrogens with zero attached hydrogens (tertiary/aromatic N) is 2. The number of benzene rings is 2. The number of nitrogens with one attached hydrogen (secondary N) is 2. The van der Waals surface area contributed by atoms with Crippen LogP contribution in [0.5, 0.6) is 11.6 Å². The van der Waals surface area contributed by atoms with Crippen LogP contribution in [0, 0.1) is 11.7 Å². The van der Waals surface area contributed by atoms with Crippen LogP contribution >= 0.6 is 11.6 Å². The van der Waals surface area contributed by atoms with Crippen molar-refractivity contribution < 1.29 is 27.5 Å². The number of aromatic nitrogens is 2. The lowest BCUT2D eigenvalue weighted by atomic mass is 10.0. The molecule has 0 aliphatic heterocycles. The predicted octanol–water partition coefficient (Wildman–Crippen LogP) is 6.09. The van der Waals surface area contributed by atoms with Gasteiger partial charge in [0.1, 0.15) is 23.7 Å². The fraction of sp³-hybridized carbons (Fsp3) is 0.280. The average molecular weight is 519 g/mol. The van der Waals surface area contributed by atoms with Gasteiger partial charge in [0.2, 0.25) is 17.7 Å². The van der Waals surface area contributed by atoms with Crippen LogP contribution < -0.4 is 15.4 Å². The van der Waals surface area contributed by atoms with Crippen molar-refractivity contribution in [3.63, 3.8) is 0 Å². The van der Waals surface area contributed by atoms with Crippen molar-refractivity contribution >= 4 is 34.9 Å². The fourth-order valence-corrected chi connectivity index (χ4v) is 3.68. The Balaban J connectivity index is 1.38. The van der Waals surface area contributed by atoms with Gasteiger partial charge < -0.3 is 15.4 Å². The number of hydrogen-bond donors (Lipinski definition) is 2. The summed E-state index contributed by atoms with van der Waals surface area (Å²) in [5.41, 5.74) is 0.347. The summed E-state index contributed by atoms with van der Waals surface area (Å²) in [6.45, 7) is 0.751. The van der Waals surface area contributed by atoms with E-state index in [0.717, 1.165) is 31.9 Å². The Labute approximate surface area is 210 Å². The van der Waals surface area contributed by atoms with Gasteiger partial charge in [-0.25, -0.2) is 23.1 Å². The number of anilines is 2. The van der Waals surface area contributed by atoms with Gasteiger partial charge in [-0.3, -0.25) is 9.59 Å². The molecule has 1 saturated carbocycles. The molecule has 0 bridgehead atoms. The number of ether oxygens (including phenoxy) is 1. The van der Waals surface area contributed by atoms with Crippen LogP contribution in [0.25, 0.3) is 0 Å². The summed E-state index contributed by atoms with van der Waals surface area (Å²) in [6, 6.07) is 9.25. The Hall–Kier alpha value is -3.66. The highest BCUT2D eigenvalue weighted by molar-refractivity contribution is 6.31. The van der Waals surface area contributed by atoms with E-state index in [1.807, 2.05) is 0 Å². The van der Waals surface area contributed by atoms with Crippen LogP contribution in [0.15, 0.2) is 48.8 Å². The van der Waals surface area contributed by atoms with Gasteiger partial charge in [-0.1, -0.05) is 17.7 Å². The van der Waals surface area contributed by atoms with Gasteiger partial charge in [-0.2, -0.15) is 0 Å². The lowest BCUT2D eigenvalue weighted by Gasteiger charge is -2.14. The maximum atomic E-state index is 14.2. The van der Waals surface area contributed by atoms with Crippen molar-refractivity contribution in [1.82, 2.24) is 9.97 Å². The first-order valence-corrected chi connectivity index (χ1v) is 11.5. The van der Waals surface area contributed by atoms with E-state index in [-0.39, 0.29) is 58.4 Å². The summed E-state index contributed by atoms with van der Waals surface area (Å²) < 4.78 is 47.1. The first kappa shape index (κ1) is 25.4. The minimum Gasteiger partial charge on any atom is -0.439 e. The van der Waals surface area contributed by atoms with E-state index >= 15 is 0 Å². The largest absolute Gasteiger partial charge is 0.439 e. The molecule has 2 aromatic carbocycles. The van der Waals surface area contributed by atoms with Gasteiger partial charge in [0.25, 0.3) is 5.92 Å². The number of halogens is 4. The Kier molecular flexibility index (Phi) is 7.44. The van der Waals surface area contributed by atoms with Crippen molar-refractivity contribution in [2.45, 2.75) is 38.5 Å². The first-order valence-electron chi connectivity index (χ1n) is 11.1. The summed E-state index contributed by atoms with van der Waals surface area (Å²) in [5, 5.41) is 5.19. The monoisotopic (exact) mass is 518 g/mol. The molecule has 0 saturated heterocycles. The quantitative estimate of drug-likeness (QED) is 0.357. The van der Waals surface area contributed by atoms with Crippen LogP contribution in [-0.2, 0) is 21.9 Å². The molecule has 1 heterocycles. The minimum atomic E-state index is -3.11. The summed E-state index contributed by atoms with van der Waals surface area (Å²) >= 11 is 5.85. The molecular formula is C25H22ClF3N4O3. The zero-order chi connectivity index (χ0) is 25.9. The SMILES string of the molecule is CC(F)(F)c1cc(CCC(=O)Nc2cc(F)cc(Oc3cc(NC(=O)C4CC4)ncn3)c2)ccc1Cl. The van der Waals surface area contributed by atoms with E-state index in [4.69, 9.17) is 16.3 Å². The molecule has 1 aromatic heterocycles. The Morgan fingerprint density at radius 1 is 1.11 bits per heavy atom. The van der Waals surface area contributed by atoms with E-state index in [0.29, 0.717) is 5.56 Å². The van der Waals surface area contributed by atoms with Crippen molar-refractivity contribution in [1.29, 1.82) is 0 Å². The second kappa shape index (κ2) is 10.5. The Morgan fingerprint density at radius 3 is 2.61 bits per heavy atom. The zero-order valence-electron chi connectivity index (χ0n) is 19.2. The number of alkyl halides is 2. The molecule has 4 rings (SSSR count). The molecule has 0 atom stereocenters. The minimum absolute atomic E-state index is 0.00643. The molecule has 3 aromatic rings. The molecule has 7 nitrogen and oxygen atoms in total. The molecule has 2 amide bonds. The molecule has 1 fully saturated rings. The van der Waals surface area contributed by atoms with Crippen molar-refractivity contribution in [2.24, 2.45) is 5.92 Å². The highest BCUT2D eigenvalue weighted by Gasteiger charge is 2.30. The number of rotatable bonds is 9. The molecule has 0 unspecified atom stereocenters. The first-order chi connectivity index (χ1) is 17.1. The lowest BCUT2D eigenvalue weighted by Crippen LogP contribution is -2.14. The topological polar surface area (TPSA) is 93.2 Å². The smallest absolute Gasteiger partial charge is 0.271 e. The van der Waals surface area contributed by atoms with Gasteiger partial charge in [-0.15, -0.1) is 0 Å². The molecule has 36 heavy (non-hydrogen) atoms. The number of carbonyl (C=O) groups is 2. The third kappa shape index (κ3) is 6.94. The highest BCUT2D eigenvalue weighted by atomic mass is 35.5. The van der Waals surface area contributed by atoms with E-state index in [1.165, 1.54) is 30.6 Å². The van der Waals surface area contributed by atoms with Crippen LogP contribution in [0.3, 0.4) is 0 Å². The standard InChI is InChI=1S/C25H22ClF3N4O3/c1-25(28,29)19-8-14(2-6-20(19)26)3-7-22(34)32-17-9-16(27)10-18(11-17)36-23-12-21(30-13-31-23)33-24(35)15-4-5-15/h2,6,8-13,15H,3-5,7H2,1H3,(H,32,34)(H,30,31,33,35). The van der Waals surface area contributed by atoms with Crippen molar-refractivity contribution in [3.05, 3.63) is 70.8 Å². The van der Waals surface area contributed by atoms with E-state index in [2.05, 4.69) is 20.6 Å². The molecule has 188 valence electrons. The van der Waals surface area contributed by atoms with Crippen LogP contribution in [0.4, 0.5) is 24.7 Å². The third-order valence-electron chi connectivity index (χ3n) is 5.36. The summed E-state index contributed by atoms with van der Waals surface area (Å²) in [4.78, 5) is 32.3. The second-order valence-electron chi connectivity index (χ2n) is 8.53. The third-order valence-corrected chi connectivity index (χ3v) is 5.69. The number of carbonyl (C=O) groups excluding carboxylic acids is 2. The van der Waals surface area contributed by atoms with Gasteiger partial charge in [0, 0.05) is 53.7 Å². The van der Waals surface area contributed by atoms with E-state index in [1.54, 1.807) is 6.07 Å². The highest BCUT2D eigenvalue weighted by Crippen LogP contribution is 2.34. The van der Waals surface area contributed by atoms with Crippen LogP contribution in [-0.4, -0.2) is 21.8 Å². The van der Waals surface area contributed by atoms with Crippen LogP contribution in [0.1, 0.15) is 37.3 Å². The maximum absolute atomic E-state index is 14.2. The second-order valence-corrected chi connectivity index (χ2v) is 8.94. The molecule has 0 radical (unpaired) electrons. The van der Waals surface area contributed by atoms with Gasteiger partial charge in [-0.05, 0) is 43.0 Å². The molecular weight excluding hydrogens is 497 g/mol. The van der Waals surface area contributed by atoms with E-state index < -0.39 is 17.6 Å². The molecule has 1 aliphatic carbocycles. The molecule has 11 heteroatoms.